The maximum atomic E-state index is 12.6. The summed E-state index contributed by atoms with van der Waals surface area (Å²) in [5.41, 5.74) is 12.6. The van der Waals surface area contributed by atoms with Crippen LogP contribution in [0, 0.1) is 5.92 Å². The molecule has 5 nitrogen and oxygen atoms in total. The average Bonchev–Trinajstić information content (AvgIpc) is 2.48. The molecule has 1 aromatic rings. The molecule has 1 aromatic carbocycles. The second kappa shape index (κ2) is 7.22. The lowest BCUT2D eigenvalue weighted by Gasteiger charge is -2.32. The number of carbonyl (C=O) groups is 2. The van der Waals surface area contributed by atoms with Gasteiger partial charge >= 0.3 is 0 Å². The van der Waals surface area contributed by atoms with E-state index < -0.39 is 0 Å². The summed E-state index contributed by atoms with van der Waals surface area (Å²) in [6, 6.07) is 7.64. The van der Waals surface area contributed by atoms with Gasteiger partial charge in [-0.25, -0.2) is 0 Å². The molecule has 1 heterocycles. The topological polar surface area (TPSA) is 89.4 Å². The summed E-state index contributed by atoms with van der Waals surface area (Å²) >= 11 is 0. The van der Waals surface area contributed by atoms with Crippen LogP contribution in [0.1, 0.15) is 35.2 Å². The van der Waals surface area contributed by atoms with Crippen LogP contribution < -0.4 is 11.5 Å². The Morgan fingerprint density at radius 3 is 2.48 bits per heavy atom. The largest absolute Gasteiger partial charge is 0.370 e. The van der Waals surface area contributed by atoms with E-state index in [1.54, 1.807) is 0 Å². The van der Waals surface area contributed by atoms with E-state index in [9.17, 15) is 9.59 Å². The molecule has 0 unspecified atom stereocenters. The van der Waals surface area contributed by atoms with Crippen LogP contribution in [0.25, 0.3) is 0 Å². The first-order valence-electron chi connectivity index (χ1n) is 7.47. The number of piperidine rings is 1. The summed E-state index contributed by atoms with van der Waals surface area (Å²) in [5.74, 6) is 0.121. The van der Waals surface area contributed by atoms with E-state index in [-0.39, 0.29) is 11.8 Å². The normalized spacial score (nSPS) is 16.0. The Morgan fingerprint density at radius 2 is 1.86 bits per heavy atom. The van der Waals surface area contributed by atoms with Crippen LogP contribution in [0.2, 0.25) is 0 Å². The molecule has 0 atom stereocenters. The van der Waals surface area contributed by atoms with Crippen LogP contribution in [0.15, 0.2) is 24.3 Å². The lowest BCUT2D eigenvalue weighted by atomic mass is 9.92. The number of rotatable bonds is 5. The van der Waals surface area contributed by atoms with Crippen LogP contribution in [0.5, 0.6) is 0 Å². The summed E-state index contributed by atoms with van der Waals surface area (Å²) in [6.07, 6.45) is 2.81. The van der Waals surface area contributed by atoms with E-state index in [2.05, 4.69) is 0 Å². The third-order valence-electron chi connectivity index (χ3n) is 4.05. The zero-order valence-corrected chi connectivity index (χ0v) is 12.3. The van der Waals surface area contributed by atoms with Crippen molar-refractivity contribution in [3.05, 3.63) is 35.4 Å². The first kappa shape index (κ1) is 15.5. The number of likely N-dealkylation sites (tertiary alicyclic amines) is 1. The van der Waals surface area contributed by atoms with Gasteiger partial charge in [-0.05, 0) is 43.4 Å². The summed E-state index contributed by atoms with van der Waals surface area (Å²) in [4.78, 5) is 25.4. The van der Waals surface area contributed by atoms with Crippen molar-refractivity contribution in [2.45, 2.75) is 25.7 Å². The molecule has 5 heteroatoms. The molecule has 2 rings (SSSR count). The van der Waals surface area contributed by atoms with Crippen LogP contribution >= 0.6 is 0 Å². The van der Waals surface area contributed by atoms with Gasteiger partial charge in [0.2, 0.25) is 5.91 Å². The van der Waals surface area contributed by atoms with Crippen LogP contribution in [0.4, 0.5) is 0 Å². The Morgan fingerprint density at radius 1 is 1.19 bits per heavy atom. The second-order valence-corrected chi connectivity index (χ2v) is 5.60. The number of hydrogen-bond donors (Lipinski definition) is 2. The highest BCUT2D eigenvalue weighted by molar-refractivity contribution is 5.95. The third kappa shape index (κ3) is 4.04. The van der Waals surface area contributed by atoms with Crippen molar-refractivity contribution in [3.63, 3.8) is 0 Å². The molecule has 1 saturated heterocycles. The lowest BCUT2D eigenvalue weighted by molar-refractivity contribution is -0.119. The van der Waals surface area contributed by atoms with Gasteiger partial charge in [0.05, 0.1) is 0 Å². The first-order chi connectivity index (χ1) is 10.1. The molecule has 2 amide bonds. The Labute approximate surface area is 125 Å². The molecule has 0 aliphatic carbocycles. The lowest BCUT2D eigenvalue weighted by Crippen LogP contribution is -2.39. The zero-order chi connectivity index (χ0) is 15.2. The second-order valence-electron chi connectivity index (χ2n) is 5.60. The minimum atomic E-state index is -0.256. The maximum Gasteiger partial charge on any atom is 0.254 e. The number of carbonyl (C=O) groups excluding carboxylic acids is 2. The van der Waals surface area contributed by atoms with Gasteiger partial charge < -0.3 is 16.4 Å². The van der Waals surface area contributed by atoms with Gasteiger partial charge in [0.1, 0.15) is 0 Å². The number of benzene rings is 1. The highest BCUT2D eigenvalue weighted by atomic mass is 16.2. The Balaban J connectivity index is 2.00. The van der Waals surface area contributed by atoms with Crippen LogP contribution in [-0.2, 0) is 11.2 Å². The van der Waals surface area contributed by atoms with Gasteiger partial charge in [-0.3, -0.25) is 9.59 Å². The van der Waals surface area contributed by atoms with Crippen molar-refractivity contribution in [2.24, 2.45) is 17.4 Å². The fourth-order valence-electron chi connectivity index (χ4n) is 2.90. The molecule has 0 radical (unpaired) electrons. The smallest absolute Gasteiger partial charge is 0.254 e. The number of hydrogen-bond acceptors (Lipinski definition) is 3. The van der Waals surface area contributed by atoms with Gasteiger partial charge in [0.25, 0.3) is 5.91 Å². The highest BCUT2D eigenvalue weighted by Gasteiger charge is 2.25. The third-order valence-corrected chi connectivity index (χ3v) is 4.05. The fraction of sp³-hybridized carbons (Fsp3) is 0.500. The van der Waals surface area contributed by atoms with Crippen molar-refractivity contribution in [2.75, 3.05) is 19.6 Å². The number of primary amides is 1. The van der Waals surface area contributed by atoms with E-state index in [0.29, 0.717) is 38.4 Å². The van der Waals surface area contributed by atoms with E-state index in [0.717, 1.165) is 24.0 Å². The van der Waals surface area contributed by atoms with Gasteiger partial charge in [-0.2, -0.15) is 0 Å². The summed E-state index contributed by atoms with van der Waals surface area (Å²) in [7, 11) is 0. The molecule has 1 aliphatic heterocycles. The minimum Gasteiger partial charge on any atom is -0.370 e. The monoisotopic (exact) mass is 289 g/mol. The fourth-order valence-corrected chi connectivity index (χ4v) is 2.90. The molecule has 0 saturated carbocycles. The van der Waals surface area contributed by atoms with Gasteiger partial charge in [-0.1, -0.05) is 18.2 Å². The number of nitrogens with two attached hydrogens (primary N) is 2. The molecule has 0 aromatic heterocycles. The van der Waals surface area contributed by atoms with Crippen LogP contribution in [-0.4, -0.2) is 36.3 Å². The molecular weight excluding hydrogens is 266 g/mol. The Bertz CT molecular complexity index is 508. The summed E-state index contributed by atoms with van der Waals surface area (Å²) in [6.45, 7) is 1.91. The van der Waals surface area contributed by atoms with Crippen molar-refractivity contribution >= 4 is 11.8 Å². The zero-order valence-electron chi connectivity index (χ0n) is 12.3. The molecule has 21 heavy (non-hydrogen) atoms. The van der Waals surface area contributed by atoms with Gasteiger partial charge in [0, 0.05) is 25.1 Å². The van der Waals surface area contributed by atoms with Crippen molar-refractivity contribution < 1.29 is 9.59 Å². The highest BCUT2D eigenvalue weighted by Crippen LogP contribution is 2.22. The van der Waals surface area contributed by atoms with Crippen molar-refractivity contribution in [1.29, 1.82) is 0 Å². The summed E-state index contributed by atoms with van der Waals surface area (Å²) < 4.78 is 0. The van der Waals surface area contributed by atoms with Gasteiger partial charge in [0.15, 0.2) is 0 Å². The molecule has 1 fully saturated rings. The predicted molar refractivity (Wildman–Crippen MR) is 81.6 cm³/mol. The number of nitrogens with zero attached hydrogens (tertiary/aromatic N) is 1. The van der Waals surface area contributed by atoms with E-state index >= 15 is 0 Å². The molecular formula is C16H23N3O2. The van der Waals surface area contributed by atoms with Gasteiger partial charge in [-0.15, -0.1) is 0 Å². The van der Waals surface area contributed by atoms with Crippen molar-refractivity contribution in [1.82, 2.24) is 4.90 Å². The SMILES string of the molecule is NCCc1ccccc1C(=O)N1CCC(CC(N)=O)CC1. The standard InChI is InChI=1S/C16H23N3O2/c17-8-5-13-3-1-2-4-14(13)16(21)19-9-6-12(7-10-19)11-15(18)20/h1-4,12H,5-11,17H2,(H2,18,20). The minimum absolute atomic E-state index is 0.0663. The molecule has 0 spiro atoms. The van der Waals surface area contributed by atoms with E-state index in [1.807, 2.05) is 29.2 Å². The maximum absolute atomic E-state index is 12.6. The van der Waals surface area contributed by atoms with Crippen LogP contribution in [0.3, 0.4) is 0 Å². The Hall–Kier alpha value is -1.88. The molecule has 1 aliphatic rings. The number of amides is 2. The predicted octanol–water partition coefficient (Wildman–Crippen LogP) is 0.915. The van der Waals surface area contributed by atoms with Crippen molar-refractivity contribution in [3.8, 4) is 0 Å². The van der Waals surface area contributed by atoms with E-state index in [4.69, 9.17) is 11.5 Å². The molecule has 0 bridgehead atoms. The Kier molecular flexibility index (Phi) is 5.33. The van der Waals surface area contributed by atoms with E-state index in [1.165, 1.54) is 0 Å². The molecule has 114 valence electrons. The average molecular weight is 289 g/mol. The first-order valence-corrected chi connectivity index (χ1v) is 7.47. The summed E-state index contributed by atoms with van der Waals surface area (Å²) in [5, 5.41) is 0. The quantitative estimate of drug-likeness (QED) is 0.844. The molecule has 4 N–H and O–H groups in total.